The van der Waals surface area contributed by atoms with Gasteiger partial charge in [-0.15, -0.1) is 0 Å². The van der Waals surface area contributed by atoms with Crippen molar-refractivity contribution >= 4 is 5.97 Å². The van der Waals surface area contributed by atoms with Crippen LogP contribution in [0.4, 0.5) is 4.39 Å². The molecule has 6 heteroatoms. The van der Waals surface area contributed by atoms with Gasteiger partial charge in [0, 0.05) is 5.56 Å². The highest BCUT2D eigenvalue weighted by Crippen LogP contribution is 2.21. The first-order valence-electron chi connectivity index (χ1n) is 5.85. The quantitative estimate of drug-likeness (QED) is 0.793. The van der Waals surface area contributed by atoms with Crippen LogP contribution in [0.2, 0.25) is 0 Å². The Morgan fingerprint density at radius 2 is 2.26 bits per heavy atom. The van der Waals surface area contributed by atoms with Gasteiger partial charge in [-0.3, -0.25) is 4.79 Å². The fourth-order valence-corrected chi connectivity index (χ4v) is 1.65. The van der Waals surface area contributed by atoms with Crippen molar-refractivity contribution in [2.45, 2.75) is 20.3 Å². The summed E-state index contributed by atoms with van der Waals surface area (Å²) < 4.78 is 22.7. The fraction of sp³-hybridized carbons (Fsp3) is 0.308. The highest BCUT2D eigenvalue weighted by molar-refractivity contribution is 5.71. The maximum atomic E-state index is 13.0. The van der Waals surface area contributed by atoms with Crippen molar-refractivity contribution in [1.82, 2.24) is 10.1 Å². The Balaban J connectivity index is 2.18. The van der Waals surface area contributed by atoms with Crippen LogP contribution in [0, 0.1) is 12.7 Å². The molecule has 100 valence electrons. The van der Waals surface area contributed by atoms with Crippen LogP contribution < -0.4 is 0 Å². The molecule has 0 radical (unpaired) electrons. The van der Waals surface area contributed by atoms with Crippen LogP contribution in [0.3, 0.4) is 0 Å². The molecule has 1 aromatic heterocycles. The van der Waals surface area contributed by atoms with Gasteiger partial charge in [0.2, 0.25) is 11.7 Å². The normalized spacial score (nSPS) is 10.5. The lowest BCUT2D eigenvalue weighted by atomic mass is 10.1. The molecule has 0 aliphatic heterocycles. The topological polar surface area (TPSA) is 65.2 Å². The number of aryl methyl sites for hydroxylation is 1. The van der Waals surface area contributed by atoms with E-state index >= 15 is 0 Å². The van der Waals surface area contributed by atoms with Crippen LogP contribution in [0.5, 0.6) is 0 Å². The van der Waals surface area contributed by atoms with Gasteiger partial charge in [-0.25, -0.2) is 4.39 Å². The maximum Gasteiger partial charge on any atom is 0.315 e. The van der Waals surface area contributed by atoms with Gasteiger partial charge in [0.05, 0.1) is 6.61 Å². The highest BCUT2D eigenvalue weighted by Gasteiger charge is 2.14. The zero-order valence-corrected chi connectivity index (χ0v) is 10.6. The summed E-state index contributed by atoms with van der Waals surface area (Å²) in [6, 6.07) is 4.28. The number of esters is 1. The molecule has 19 heavy (non-hydrogen) atoms. The van der Waals surface area contributed by atoms with Crippen LogP contribution >= 0.6 is 0 Å². The Kier molecular flexibility index (Phi) is 3.89. The van der Waals surface area contributed by atoms with Crippen molar-refractivity contribution in [3.8, 4) is 11.4 Å². The van der Waals surface area contributed by atoms with E-state index in [1.165, 1.54) is 12.1 Å². The molecular formula is C13H13FN2O3. The first-order chi connectivity index (χ1) is 9.10. The SMILES string of the molecule is CCOC(=O)Cc1nc(-c2ccc(F)cc2C)no1. The summed E-state index contributed by atoms with van der Waals surface area (Å²) in [5, 5.41) is 3.77. The lowest BCUT2D eigenvalue weighted by Crippen LogP contribution is -2.07. The predicted molar refractivity (Wildman–Crippen MR) is 64.8 cm³/mol. The fourth-order valence-electron chi connectivity index (χ4n) is 1.65. The molecule has 1 aromatic carbocycles. The minimum atomic E-state index is -0.423. The van der Waals surface area contributed by atoms with E-state index in [4.69, 9.17) is 9.26 Å². The van der Waals surface area contributed by atoms with E-state index in [1.54, 1.807) is 19.9 Å². The molecule has 0 saturated heterocycles. The van der Waals surface area contributed by atoms with Crippen LogP contribution in [0.25, 0.3) is 11.4 Å². The molecule has 0 bridgehead atoms. The Morgan fingerprint density at radius 1 is 1.47 bits per heavy atom. The van der Waals surface area contributed by atoms with Crippen molar-refractivity contribution in [2.24, 2.45) is 0 Å². The molecular weight excluding hydrogens is 251 g/mol. The largest absolute Gasteiger partial charge is 0.466 e. The molecule has 0 aliphatic rings. The molecule has 2 rings (SSSR count). The van der Waals surface area contributed by atoms with E-state index in [9.17, 15) is 9.18 Å². The van der Waals surface area contributed by atoms with E-state index in [2.05, 4.69) is 10.1 Å². The molecule has 1 heterocycles. The number of carbonyl (C=O) groups excluding carboxylic acids is 1. The maximum absolute atomic E-state index is 13.0. The highest BCUT2D eigenvalue weighted by atomic mass is 19.1. The zero-order chi connectivity index (χ0) is 13.8. The summed E-state index contributed by atoms with van der Waals surface area (Å²) >= 11 is 0. The van der Waals surface area contributed by atoms with E-state index in [1.807, 2.05) is 0 Å². The van der Waals surface area contributed by atoms with Crippen LogP contribution in [-0.4, -0.2) is 22.7 Å². The van der Waals surface area contributed by atoms with E-state index in [0.717, 1.165) is 0 Å². The first-order valence-corrected chi connectivity index (χ1v) is 5.85. The molecule has 0 spiro atoms. The van der Waals surface area contributed by atoms with Crippen LogP contribution in [0.15, 0.2) is 22.7 Å². The summed E-state index contributed by atoms with van der Waals surface area (Å²) in [4.78, 5) is 15.4. The average Bonchev–Trinajstić information content (AvgIpc) is 2.77. The molecule has 0 aliphatic carbocycles. The van der Waals surface area contributed by atoms with Gasteiger partial charge in [-0.05, 0) is 37.6 Å². The molecule has 0 atom stereocenters. The molecule has 0 unspecified atom stereocenters. The van der Waals surface area contributed by atoms with Crippen molar-refractivity contribution in [3.05, 3.63) is 35.5 Å². The van der Waals surface area contributed by atoms with E-state index in [-0.39, 0.29) is 18.1 Å². The third-order valence-corrected chi connectivity index (χ3v) is 2.50. The summed E-state index contributed by atoms with van der Waals surface area (Å²) in [7, 11) is 0. The number of nitrogens with zero attached hydrogens (tertiary/aromatic N) is 2. The number of hydrogen-bond donors (Lipinski definition) is 0. The Labute approximate surface area is 109 Å². The average molecular weight is 264 g/mol. The van der Waals surface area contributed by atoms with E-state index < -0.39 is 5.97 Å². The van der Waals surface area contributed by atoms with Crippen LogP contribution in [0.1, 0.15) is 18.4 Å². The zero-order valence-electron chi connectivity index (χ0n) is 10.6. The number of halogens is 1. The molecule has 5 nitrogen and oxygen atoms in total. The van der Waals surface area contributed by atoms with Gasteiger partial charge < -0.3 is 9.26 Å². The summed E-state index contributed by atoms with van der Waals surface area (Å²) in [6.07, 6.45) is -0.0684. The molecule has 0 amide bonds. The number of rotatable bonds is 4. The van der Waals surface area contributed by atoms with Gasteiger partial charge in [0.1, 0.15) is 12.2 Å². The Morgan fingerprint density at radius 3 is 2.95 bits per heavy atom. The number of aromatic nitrogens is 2. The summed E-state index contributed by atoms with van der Waals surface area (Å²) in [6.45, 7) is 3.77. The summed E-state index contributed by atoms with van der Waals surface area (Å²) in [5.74, 6) is -0.237. The smallest absolute Gasteiger partial charge is 0.315 e. The minimum Gasteiger partial charge on any atom is -0.466 e. The van der Waals surface area contributed by atoms with Gasteiger partial charge in [-0.1, -0.05) is 5.16 Å². The van der Waals surface area contributed by atoms with Gasteiger partial charge in [0.25, 0.3) is 0 Å². The monoisotopic (exact) mass is 264 g/mol. The third-order valence-electron chi connectivity index (χ3n) is 2.50. The Hall–Kier alpha value is -2.24. The van der Waals surface area contributed by atoms with Crippen molar-refractivity contribution in [2.75, 3.05) is 6.61 Å². The molecule has 0 fully saturated rings. The first kappa shape index (κ1) is 13.2. The Bertz CT molecular complexity index is 595. The second kappa shape index (κ2) is 5.60. The summed E-state index contributed by atoms with van der Waals surface area (Å²) in [5.41, 5.74) is 1.36. The van der Waals surface area contributed by atoms with Crippen molar-refractivity contribution in [1.29, 1.82) is 0 Å². The standard InChI is InChI=1S/C13H13FN2O3/c1-3-18-12(17)7-11-15-13(16-19-11)10-5-4-9(14)6-8(10)2/h4-6H,3,7H2,1-2H3. The van der Waals surface area contributed by atoms with Crippen LogP contribution in [-0.2, 0) is 16.0 Å². The van der Waals surface area contributed by atoms with Crippen molar-refractivity contribution < 1.29 is 18.4 Å². The number of ether oxygens (including phenoxy) is 1. The predicted octanol–water partition coefficient (Wildman–Crippen LogP) is 2.29. The molecule has 0 N–H and O–H groups in total. The number of hydrogen-bond acceptors (Lipinski definition) is 5. The number of carbonyl (C=O) groups is 1. The second-order valence-electron chi connectivity index (χ2n) is 3.95. The van der Waals surface area contributed by atoms with Gasteiger partial charge in [-0.2, -0.15) is 4.98 Å². The molecule has 2 aromatic rings. The van der Waals surface area contributed by atoms with Gasteiger partial charge >= 0.3 is 5.97 Å². The molecule has 0 saturated carbocycles. The van der Waals surface area contributed by atoms with Gasteiger partial charge in [0.15, 0.2) is 0 Å². The second-order valence-corrected chi connectivity index (χ2v) is 3.95. The van der Waals surface area contributed by atoms with E-state index in [0.29, 0.717) is 23.6 Å². The minimum absolute atomic E-state index is 0.0684. The third kappa shape index (κ3) is 3.15. The lowest BCUT2D eigenvalue weighted by molar-refractivity contribution is -0.142. The van der Waals surface area contributed by atoms with Crippen molar-refractivity contribution in [3.63, 3.8) is 0 Å². The number of benzene rings is 1. The lowest BCUT2D eigenvalue weighted by Gasteiger charge is -1.99.